The Labute approximate surface area is 170 Å². The molecular formula is C23H26N4O2. The number of nitrogens with one attached hydrogen (secondary N) is 1. The molecule has 0 atom stereocenters. The molecule has 0 bridgehead atoms. The van der Waals surface area contributed by atoms with Gasteiger partial charge in [-0.2, -0.15) is 0 Å². The molecule has 6 nitrogen and oxygen atoms in total. The zero-order valence-electron chi connectivity index (χ0n) is 16.9. The molecular weight excluding hydrogens is 364 g/mol. The van der Waals surface area contributed by atoms with Crippen LogP contribution in [0.1, 0.15) is 29.8 Å². The highest BCUT2D eigenvalue weighted by atomic mass is 16.2. The maximum absolute atomic E-state index is 12.8. The van der Waals surface area contributed by atoms with Gasteiger partial charge in [0.1, 0.15) is 12.4 Å². The van der Waals surface area contributed by atoms with Gasteiger partial charge in [-0.3, -0.25) is 9.59 Å². The van der Waals surface area contributed by atoms with Crippen molar-refractivity contribution in [2.24, 2.45) is 0 Å². The number of likely N-dealkylation sites (tertiary alicyclic amines) is 1. The fourth-order valence-corrected chi connectivity index (χ4v) is 3.81. The molecule has 1 fully saturated rings. The van der Waals surface area contributed by atoms with Crippen LogP contribution < -0.4 is 5.32 Å². The SMILES string of the molecule is Cc1ccc(NC(=O)Cn2c(CC(=O)N3CCCC3)nc3ccccc32)cc1C. The zero-order chi connectivity index (χ0) is 20.4. The molecule has 0 saturated carbocycles. The molecule has 150 valence electrons. The van der Waals surface area contributed by atoms with Crippen molar-refractivity contribution in [3.63, 3.8) is 0 Å². The number of aryl methyl sites for hydroxylation is 2. The van der Waals surface area contributed by atoms with Gasteiger partial charge in [0.2, 0.25) is 11.8 Å². The van der Waals surface area contributed by atoms with Gasteiger partial charge in [-0.15, -0.1) is 0 Å². The minimum Gasteiger partial charge on any atom is -0.342 e. The average molecular weight is 390 g/mol. The number of carbonyl (C=O) groups is 2. The maximum Gasteiger partial charge on any atom is 0.244 e. The normalized spacial score (nSPS) is 13.8. The van der Waals surface area contributed by atoms with Gasteiger partial charge in [-0.25, -0.2) is 4.98 Å². The summed E-state index contributed by atoms with van der Waals surface area (Å²) < 4.78 is 1.86. The van der Waals surface area contributed by atoms with Crippen LogP contribution >= 0.6 is 0 Å². The van der Waals surface area contributed by atoms with Crippen molar-refractivity contribution in [3.05, 3.63) is 59.4 Å². The lowest BCUT2D eigenvalue weighted by Gasteiger charge is -2.16. The van der Waals surface area contributed by atoms with Crippen molar-refractivity contribution >= 4 is 28.5 Å². The largest absolute Gasteiger partial charge is 0.342 e. The van der Waals surface area contributed by atoms with Crippen molar-refractivity contribution in [2.75, 3.05) is 18.4 Å². The van der Waals surface area contributed by atoms with Crippen LogP contribution in [0.15, 0.2) is 42.5 Å². The van der Waals surface area contributed by atoms with Gasteiger partial charge in [0.25, 0.3) is 0 Å². The lowest BCUT2D eigenvalue weighted by Crippen LogP contribution is -2.30. The Bertz CT molecular complexity index is 1060. The van der Waals surface area contributed by atoms with Crippen LogP contribution in [0.3, 0.4) is 0 Å². The molecule has 2 amide bonds. The van der Waals surface area contributed by atoms with E-state index in [4.69, 9.17) is 0 Å². The third-order valence-electron chi connectivity index (χ3n) is 5.59. The highest BCUT2D eigenvalue weighted by Crippen LogP contribution is 2.19. The van der Waals surface area contributed by atoms with Gasteiger partial charge >= 0.3 is 0 Å². The van der Waals surface area contributed by atoms with E-state index < -0.39 is 0 Å². The lowest BCUT2D eigenvalue weighted by molar-refractivity contribution is -0.129. The zero-order valence-corrected chi connectivity index (χ0v) is 16.9. The first kappa shape index (κ1) is 19.2. The van der Waals surface area contributed by atoms with Crippen molar-refractivity contribution in [1.29, 1.82) is 0 Å². The minimum atomic E-state index is -0.133. The van der Waals surface area contributed by atoms with Gasteiger partial charge in [0, 0.05) is 18.8 Å². The molecule has 1 aliphatic heterocycles. The van der Waals surface area contributed by atoms with Crippen LogP contribution in [-0.4, -0.2) is 39.4 Å². The Morgan fingerprint density at radius 3 is 2.55 bits per heavy atom. The minimum absolute atomic E-state index is 0.0774. The number of hydrogen-bond donors (Lipinski definition) is 1. The summed E-state index contributed by atoms with van der Waals surface area (Å²) in [4.78, 5) is 32.0. The molecule has 0 unspecified atom stereocenters. The van der Waals surface area contributed by atoms with E-state index in [0.29, 0.717) is 5.82 Å². The second-order valence-corrected chi connectivity index (χ2v) is 7.71. The van der Waals surface area contributed by atoms with Crippen LogP contribution in [-0.2, 0) is 22.6 Å². The van der Waals surface area contributed by atoms with E-state index in [0.717, 1.165) is 48.2 Å². The summed E-state index contributed by atoms with van der Waals surface area (Å²) in [6.07, 6.45) is 2.33. The number of hydrogen-bond acceptors (Lipinski definition) is 3. The number of anilines is 1. The summed E-state index contributed by atoms with van der Waals surface area (Å²) >= 11 is 0. The Morgan fingerprint density at radius 2 is 1.79 bits per heavy atom. The number of para-hydroxylation sites is 2. The van der Waals surface area contributed by atoms with Gasteiger partial charge in [0.05, 0.1) is 17.5 Å². The molecule has 0 aliphatic carbocycles. The van der Waals surface area contributed by atoms with Crippen LogP contribution in [0, 0.1) is 13.8 Å². The van der Waals surface area contributed by atoms with Crippen LogP contribution in [0.5, 0.6) is 0 Å². The Kier molecular flexibility index (Phi) is 5.34. The molecule has 29 heavy (non-hydrogen) atoms. The van der Waals surface area contributed by atoms with Gasteiger partial charge in [-0.1, -0.05) is 18.2 Å². The van der Waals surface area contributed by atoms with Crippen molar-refractivity contribution in [3.8, 4) is 0 Å². The van der Waals surface area contributed by atoms with Crippen molar-refractivity contribution in [1.82, 2.24) is 14.5 Å². The van der Waals surface area contributed by atoms with E-state index >= 15 is 0 Å². The highest BCUT2D eigenvalue weighted by molar-refractivity contribution is 5.92. The summed E-state index contributed by atoms with van der Waals surface area (Å²) in [7, 11) is 0. The summed E-state index contributed by atoms with van der Waals surface area (Å²) in [6, 6.07) is 13.6. The van der Waals surface area contributed by atoms with Crippen LogP contribution in [0.25, 0.3) is 11.0 Å². The second kappa shape index (κ2) is 8.07. The molecule has 3 aromatic rings. The molecule has 4 rings (SSSR count). The standard InChI is InChI=1S/C23H26N4O2/c1-16-9-10-18(13-17(16)2)24-22(28)15-27-20-8-4-3-7-19(20)25-21(27)14-23(29)26-11-5-6-12-26/h3-4,7-10,13H,5-6,11-12,14-15H2,1-2H3,(H,24,28). The molecule has 1 aromatic heterocycles. The molecule has 1 saturated heterocycles. The van der Waals surface area contributed by atoms with Gasteiger partial charge in [-0.05, 0) is 62.1 Å². The number of fused-ring (bicyclic) bond motifs is 1. The maximum atomic E-state index is 12.8. The molecule has 2 aromatic carbocycles. The summed E-state index contributed by atoms with van der Waals surface area (Å²) in [5, 5.41) is 2.97. The monoisotopic (exact) mass is 390 g/mol. The third-order valence-corrected chi connectivity index (χ3v) is 5.59. The van der Waals surface area contributed by atoms with E-state index in [1.807, 2.05) is 65.8 Å². The Morgan fingerprint density at radius 1 is 1.03 bits per heavy atom. The summed E-state index contributed by atoms with van der Waals surface area (Å²) in [6.45, 7) is 5.81. The van der Waals surface area contributed by atoms with Gasteiger partial charge < -0.3 is 14.8 Å². The highest BCUT2D eigenvalue weighted by Gasteiger charge is 2.22. The van der Waals surface area contributed by atoms with Crippen molar-refractivity contribution in [2.45, 2.75) is 39.7 Å². The van der Waals surface area contributed by atoms with E-state index in [9.17, 15) is 9.59 Å². The summed E-state index contributed by atoms with van der Waals surface area (Å²) in [5.41, 5.74) is 4.76. The number of carbonyl (C=O) groups excluding carboxylic acids is 2. The smallest absolute Gasteiger partial charge is 0.244 e. The fourth-order valence-electron chi connectivity index (χ4n) is 3.81. The quantitative estimate of drug-likeness (QED) is 0.725. The average Bonchev–Trinajstić information content (AvgIpc) is 3.34. The Hall–Kier alpha value is -3.15. The van der Waals surface area contributed by atoms with E-state index in [1.165, 1.54) is 5.56 Å². The molecule has 2 heterocycles. The van der Waals surface area contributed by atoms with E-state index in [1.54, 1.807) is 0 Å². The Balaban J connectivity index is 1.57. The topological polar surface area (TPSA) is 67.2 Å². The summed E-state index contributed by atoms with van der Waals surface area (Å²) in [5.74, 6) is 0.582. The molecule has 1 aliphatic rings. The number of benzene rings is 2. The van der Waals surface area contributed by atoms with E-state index in [-0.39, 0.29) is 24.8 Å². The number of imidazole rings is 1. The molecule has 0 radical (unpaired) electrons. The first-order chi connectivity index (χ1) is 14.0. The first-order valence-corrected chi connectivity index (χ1v) is 10.1. The van der Waals surface area contributed by atoms with Gasteiger partial charge in [0.15, 0.2) is 0 Å². The third kappa shape index (κ3) is 4.16. The molecule has 6 heteroatoms. The lowest BCUT2D eigenvalue weighted by atomic mass is 10.1. The number of aromatic nitrogens is 2. The number of nitrogens with zero attached hydrogens (tertiary/aromatic N) is 3. The van der Waals surface area contributed by atoms with Crippen LogP contribution in [0.4, 0.5) is 5.69 Å². The van der Waals surface area contributed by atoms with Crippen molar-refractivity contribution < 1.29 is 9.59 Å². The predicted octanol–water partition coefficient (Wildman–Crippen LogP) is 3.46. The predicted molar refractivity (Wildman–Crippen MR) is 114 cm³/mol. The number of amides is 2. The molecule has 1 N–H and O–H groups in total. The number of rotatable bonds is 5. The second-order valence-electron chi connectivity index (χ2n) is 7.71. The molecule has 0 spiro atoms. The first-order valence-electron chi connectivity index (χ1n) is 10.1. The van der Waals surface area contributed by atoms with Crippen LogP contribution in [0.2, 0.25) is 0 Å². The fraction of sp³-hybridized carbons (Fsp3) is 0.348. The van der Waals surface area contributed by atoms with E-state index in [2.05, 4.69) is 10.3 Å².